The molecule has 0 unspecified atom stereocenters. The van der Waals surface area contributed by atoms with Crippen molar-refractivity contribution in [3.63, 3.8) is 0 Å². The largest absolute Gasteiger partial charge is 0.349 e. The van der Waals surface area contributed by atoms with E-state index in [2.05, 4.69) is 20.4 Å². The first-order valence-corrected chi connectivity index (χ1v) is 9.43. The van der Waals surface area contributed by atoms with Gasteiger partial charge in [-0.1, -0.05) is 23.9 Å². The number of fused-ring (bicyclic) bond motifs is 1. The van der Waals surface area contributed by atoms with Crippen molar-refractivity contribution in [1.29, 1.82) is 0 Å². The fourth-order valence-corrected chi connectivity index (χ4v) is 3.16. The number of nitrogens with zero attached hydrogens (tertiary/aromatic N) is 4. The van der Waals surface area contributed by atoms with Crippen LogP contribution >= 0.6 is 11.8 Å². The van der Waals surface area contributed by atoms with Gasteiger partial charge in [0.1, 0.15) is 5.82 Å². The maximum atomic E-state index is 13.0. The van der Waals surface area contributed by atoms with Gasteiger partial charge in [-0.3, -0.25) is 4.79 Å². The van der Waals surface area contributed by atoms with Crippen LogP contribution in [0, 0.1) is 19.7 Å². The van der Waals surface area contributed by atoms with E-state index in [4.69, 9.17) is 0 Å². The molecule has 2 aromatic heterocycles. The molecule has 136 valence electrons. The average molecular weight is 373 g/mol. The van der Waals surface area contributed by atoms with E-state index >= 15 is 0 Å². The van der Waals surface area contributed by atoms with Gasteiger partial charge in [-0.05, 0) is 44.7 Å². The van der Waals surface area contributed by atoms with Crippen molar-refractivity contribution in [2.75, 3.05) is 6.26 Å². The molecular formula is C18H20FN5OS. The third-order valence-electron chi connectivity index (χ3n) is 4.30. The van der Waals surface area contributed by atoms with Crippen LogP contribution < -0.4 is 5.32 Å². The molecule has 1 N–H and O–H groups in total. The Balaban J connectivity index is 1.79. The highest BCUT2D eigenvalue weighted by Crippen LogP contribution is 2.18. The monoisotopic (exact) mass is 373 g/mol. The second kappa shape index (κ2) is 7.41. The maximum Gasteiger partial charge on any atom is 0.253 e. The Morgan fingerprint density at radius 1 is 1.27 bits per heavy atom. The van der Waals surface area contributed by atoms with Crippen molar-refractivity contribution in [1.82, 2.24) is 24.9 Å². The van der Waals surface area contributed by atoms with E-state index in [0.29, 0.717) is 10.9 Å². The van der Waals surface area contributed by atoms with Gasteiger partial charge < -0.3 is 5.32 Å². The zero-order valence-corrected chi connectivity index (χ0v) is 15.9. The molecule has 1 aromatic carbocycles. The highest BCUT2D eigenvalue weighted by atomic mass is 32.2. The fourth-order valence-electron chi connectivity index (χ4n) is 2.82. The number of hydrogen-bond donors (Lipinski definition) is 1. The van der Waals surface area contributed by atoms with Crippen molar-refractivity contribution >= 4 is 23.4 Å². The molecule has 26 heavy (non-hydrogen) atoms. The van der Waals surface area contributed by atoms with Crippen LogP contribution in [0.4, 0.5) is 4.39 Å². The number of aryl methyl sites for hydroxylation is 2. The highest BCUT2D eigenvalue weighted by molar-refractivity contribution is 7.98. The van der Waals surface area contributed by atoms with Crippen LogP contribution in [0.1, 0.15) is 35.5 Å². The lowest BCUT2D eigenvalue weighted by Crippen LogP contribution is -2.29. The normalized spacial score (nSPS) is 12.3. The Morgan fingerprint density at radius 2 is 1.96 bits per heavy atom. The van der Waals surface area contributed by atoms with Crippen LogP contribution in [-0.4, -0.2) is 31.7 Å². The zero-order valence-electron chi connectivity index (χ0n) is 15.1. The number of aromatic nitrogens is 4. The van der Waals surface area contributed by atoms with Crippen LogP contribution in [0.5, 0.6) is 0 Å². The molecule has 3 aromatic rings. The summed E-state index contributed by atoms with van der Waals surface area (Å²) in [6.45, 7) is 5.65. The van der Waals surface area contributed by atoms with Gasteiger partial charge in [-0.15, -0.1) is 5.10 Å². The van der Waals surface area contributed by atoms with E-state index in [-0.39, 0.29) is 24.2 Å². The highest BCUT2D eigenvalue weighted by Gasteiger charge is 2.17. The van der Waals surface area contributed by atoms with Crippen molar-refractivity contribution in [3.8, 4) is 0 Å². The summed E-state index contributed by atoms with van der Waals surface area (Å²) in [6.07, 6.45) is 2.10. The summed E-state index contributed by atoms with van der Waals surface area (Å²) in [5.74, 6) is 0.114. The molecule has 2 heterocycles. The first-order chi connectivity index (χ1) is 12.4. The summed E-state index contributed by atoms with van der Waals surface area (Å²) in [6, 6.07) is 5.90. The molecule has 0 radical (unpaired) electrons. The SMILES string of the molecule is CSc1nc2nc(C)c(CC(=O)N[C@@H](C)c3ccc(F)cc3)c(C)n2n1. The topological polar surface area (TPSA) is 72.2 Å². The summed E-state index contributed by atoms with van der Waals surface area (Å²) in [5, 5.41) is 7.98. The van der Waals surface area contributed by atoms with E-state index < -0.39 is 0 Å². The summed E-state index contributed by atoms with van der Waals surface area (Å²) in [5.41, 5.74) is 3.30. The Labute approximate surface area is 155 Å². The Morgan fingerprint density at radius 3 is 2.62 bits per heavy atom. The Hall–Kier alpha value is -2.48. The van der Waals surface area contributed by atoms with Crippen molar-refractivity contribution in [3.05, 3.63) is 52.6 Å². The van der Waals surface area contributed by atoms with Crippen LogP contribution in [0.2, 0.25) is 0 Å². The first-order valence-electron chi connectivity index (χ1n) is 8.20. The lowest BCUT2D eigenvalue weighted by molar-refractivity contribution is -0.121. The average Bonchev–Trinajstić information content (AvgIpc) is 3.02. The van der Waals surface area contributed by atoms with Crippen molar-refractivity contribution in [2.24, 2.45) is 0 Å². The second-order valence-electron chi connectivity index (χ2n) is 6.09. The number of carbonyl (C=O) groups is 1. The number of carbonyl (C=O) groups excluding carboxylic acids is 1. The number of thioether (sulfide) groups is 1. The molecule has 6 nitrogen and oxygen atoms in total. The van der Waals surface area contributed by atoms with Gasteiger partial charge in [0.15, 0.2) is 0 Å². The molecule has 1 amide bonds. The molecule has 0 saturated heterocycles. The van der Waals surface area contributed by atoms with Crippen molar-refractivity contribution < 1.29 is 9.18 Å². The zero-order chi connectivity index (χ0) is 18.8. The van der Waals surface area contributed by atoms with Crippen molar-refractivity contribution in [2.45, 2.75) is 38.4 Å². The molecule has 0 bridgehead atoms. The van der Waals surface area contributed by atoms with E-state index in [0.717, 1.165) is 22.5 Å². The molecule has 0 aliphatic carbocycles. The molecule has 0 fully saturated rings. The van der Waals surface area contributed by atoms with Gasteiger partial charge in [0, 0.05) is 17.0 Å². The van der Waals surface area contributed by atoms with E-state index in [1.165, 1.54) is 23.9 Å². The smallest absolute Gasteiger partial charge is 0.253 e. The van der Waals surface area contributed by atoms with Crippen LogP contribution in [-0.2, 0) is 11.2 Å². The van der Waals surface area contributed by atoms with Crippen LogP contribution in [0.15, 0.2) is 29.4 Å². The van der Waals surface area contributed by atoms with E-state index in [1.807, 2.05) is 27.0 Å². The summed E-state index contributed by atoms with van der Waals surface area (Å²) in [7, 11) is 0. The Kier molecular flexibility index (Phi) is 5.22. The minimum absolute atomic E-state index is 0.126. The fraction of sp³-hybridized carbons (Fsp3) is 0.333. The predicted octanol–water partition coefficient (Wildman–Crippen LogP) is 3.02. The summed E-state index contributed by atoms with van der Waals surface area (Å²) >= 11 is 1.45. The number of halogens is 1. The summed E-state index contributed by atoms with van der Waals surface area (Å²) < 4.78 is 14.7. The van der Waals surface area contributed by atoms with Gasteiger partial charge in [0.2, 0.25) is 11.1 Å². The minimum atomic E-state index is -0.296. The van der Waals surface area contributed by atoms with Gasteiger partial charge in [0.05, 0.1) is 12.5 Å². The lowest BCUT2D eigenvalue weighted by Gasteiger charge is -2.16. The lowest BCUT2D eigenvalue weighted by atomic mass is 10.1. The maximum absolute atomic E-state index is 13.0. The van der Waals surface area contributed by atoms with Gasteiger partial charge in [-0.2, -0.15) is 4.98 Å². The molecule has 8 heteroatoms. The first kappa shape index (κ1) is 18.3. The molecule has 3 rings (SSSR count). The number of rotatable bonds is 5. The van der Waals surface area contributed by atoms with Crippen LogP contribution in [0.3, 0.4) is 0 Å². The van der Waals surface area contributed by atoms with Gasteiger partial charge in [-0.25, -0.2) is 13.9 Å². The van der Waals surface area contributed by atoms with Gasteiger partial charge >= 0.3 is 0 Å². The van der Waals surface area contributed by atoms with Crippen LogP contribution in [0.25, 0.3) is 5.78 Å². The summed E-state index contributed by atoms with van der Waals surface area (Å²) in [4.78, 5) is 21.3. The second-order valence-corrected chi connectivity index (χ2v) is 6.86. The molecule has 0 aliphatic heterocycles. The van der Waals surface area contributed by atoms with E-state index in [1.54, 1.807) is 16.6 Å². The number of amides is 1. The molecule has 0 spiro atoms. The molecule has 0 saturated carbocycles. The molecular weight excluding hydrogens is 353 g/mol. The molecule has 1 atom stereocenters. The predicted molar refractivity (Wildman–Crippen MR) is 98.7 cm³/mol. The number of benzene rings is 1. The Bertz CT molecular complexity index is 954. The van der Waals surface area contributed by atoms with Gasteiger partial charge in [0.25, 0.3) is 5.78 Å². The number of hydrogen-bond acceptors (Lipinski definition) is 5. The molecule has 0 aliphatic rings. The standard InChI is InChI=1S/C18H20FN5OS/c1-10(13-5-7-14(19)8-6-13)20-16(25)9-15-11(2)21-17-22-18(26-4)23-24(17)12(15)3/h5-8,10H,9H2,1-4H3,(H,20,25)/t10-/m0/s1. The van der Waals surface area contributed by atoms with E-state index in [9.17, 15) is 9.18 Å². The third kappa shape index (κ3) is 3.70. The third-order valence-corrected chi connectivity index (χ3v) is 4.84. The number of nitrogens with one attached hydrogen (secondary N) is 1. The quantitative estimate of drug-likeness (QED) is 0.696. The minimum Gasteiger partial charge on any atom is -0.349 e.